The minimum absolute atomic E-state index is 0.250. The summed E-state index contributed by atoms with van der Waals surface area (Å²) in [7, 11) is 0. The third-order valence-corrected chi connectivity index (χ3v) is 5.37. The molecule has 9 heteroatoms. The maximum absolute atomic E-state index is 12.5. The van der Waals surface area contributed by atoms with E-state index in [2.05, 4.69) is 32.4 Å². The Labute approximate surface area is 186 Å². The van der Waals surface area contributed by atoms with Gasteiger partial charge in [-0.1, -0.05) is 18.2 Å². The van der Waals surface area contributed by atoms with Crippen LogP contribution in [-0.4, -0.2) is 60.9 Å². The maximum atomic E-state index is 12.5. The zero-order valence-corrected chi connectivity index (χ0v) is 17.7. The molecule has 0 spiro atoms. The molecule has 32 heavy (non-hydrogen) atoms. The van der Waals surface area contributed by atoms with Gasteiger partial charge in [-0.2, -0.15) is 5.10 Å². The molecule has 2 aromatic heterocycles. The number of rotatable bonds is 6. The number of piperidine rings is 1. The highest BCUT2D eigenvalue weighted by Crippen LogP contribution is 2.24. The number of aromatic nitrogens is 3. The standard InChI is InChI=1S/C22H25N5O2.CH2O2/c28-21(24-16-19-5-2-9-23-15-19)22(29)7-12-26(13-8-22)17-18-4-1-6-20(14-18)27-11-3-10-25-27;2-1-3/h1-6,9-11,14-15,29H,7-8,12-13,16-17H2,(H,24,28);1H,(H,2,3). The van der Waals surface area contributed by atoms with E-state index in [4.69, 9.17) is 9.90 Å². The van der Waals surface area contributed by atoms with E-state index >= 15 is 0 Å². The van der Waals surface area contributed by atoms with Gasteiger partial charge in [0.15, 0.2) is 0 Å². The van der Waals surface area contributed by atoms with Gasteiger partial charge < -0.3 is 15.5 Å². The molecule has 1 aromatic carbocycles. The minimum Gasteiger partial charge on any atom is -0.483 e. The highest BCUT2D eigenvalue weighted by molar-refractivity contribution is 5.85. The molecule has 0 bridgehead atoms. The van der Waals surface area contributed by atoms with E-state index in [1.54, 1.807) is 18.6 Å². The summed E-state index contributed by atoms with van der Waals surface area (Å²) in [4.78, 5) is 27.2. The van der Waals surface area contributed by atoms with Gasteiger partial charge in [-0.15, -0.1) is 0 Å². The molecular weight excluding hydrogens is 410 g/mol. The number of carbonyl (C=O) groups is 2. The lowest BCUT2D eigenvalue weighted by molar-refractivity contribution is -0.145. The lowest BCUT2D eigenvalue weighted by Crippen LogP contribution is -2.53. The second-order valence-electron chi connectivity index (χ2n) is 7.58. The van der Waals surface area contributed by atoms with E-state index in [1.807, 2.05) is 41.2 Å². The van der Waals surface area contributed by atoms with Crippen LogP contribution in [0.5, 0.6) is 0 Å². The van der Waals surface area contributed by atoms with E-state index in [0.29, 0.717) is 32.5 Å². The van der Waals surface area contributed by atoms with Crippen LogP contribution in [0.15, 0.2) is 67.3 Å². The molecule has 4 rings (SSSR count). The van der Waals surface area contributed by atoms with E-state index < -0.39 is 5.60 Å². The highest BCUT2D eigenvalue weighted by Gasteiger charge is 2.39. The summed E-state index contributed by atoms with van der Waals surface area (Å²) in [6, 6.07) is 13.9. The topological polar surface area (TPSA) is 121 Å². The van der Waals surface area contributed by atoms with Crippen LogP contribution in [0.2, 0.25) is 0 Å². The lowest BCUT2D eigenvalue weighted by Gasteiger charge is -2.37. The first kappa shape index (κ1) is 23.1. The molecule has 9 nitrogen and oxygen atoms in total. The fraction of sp³-hybridized carbons (Fsp3) is 0.304. The van der Waals surface area contributed by atoms with E-state index in [0.717, 1.165) is 17.8 Å². The Bertz CT molecular complexity index is 987. The lowest BCUT2D eigenvalue weighted by atomic mass is 9.90. The summed E-state index contributed by atoms with van der Waals surface area (Å²) >= 11 is 0. The molecule has 0 aliphatic carbocycles. The molecule has 1 aliphatic rings. The smallest absolute Gasteiger partial charge is 0.290 e. The van der Waals surface area contributed by atoms with Gasteiger partial charge in [-0.3, -0.25) is 19.5 Å². The van der Waals surface area contributed by atoms with Crippen molar-refractivity contribution in [3.8, 4) is 5.69 Å². The fourth-order valence-corrected chi connectivity index (χ4v) is 3.63. The summed E-state index contributed by atoms with van der Waals surface area (Å²) in [5.41, 5.74) is 1.81. The number of hydrogen-bond donors (Lipinski definition) is 3. The fourth-order valence-electron chi connectivity index (χ4n) is 3.63. The number of hydrogen-bond acceptors (Lipinski definition) is 6. The number of carbonyl (C=O) groups excluding carboxylic acids is 1. The van der Waals surface area contributed by atoms with Gasteiger partial charge in [0.2, 0.25) is 0 Å². The predicted octanol–water partition coefficient (Wildman–Crippen LogP) is 1.61. The number of carboxylic acid groups (broad SMARTS) is 1. The molecular formula is C23H27N5O4. The Morgan fingerprint density at radius 3 is 2.53 bits per heavy atom. The van der Waals surface area contributed by atoms with Crippen molar-refractivity contribution < 1.29 is 19.8 Å². The number of nitrogens with one attached hydrogen (secondary N) is 1. The molecule has 3 heterocycles. The Morgan fingerprint density at radius 2 is 1.88 bits per heavy atom. The van der Waals surface area contributed by atoms with Crippen molar-refractivity contribution in [3.05, 3.63) is 78.4 Å². The molecule has 0 unspecified atom stereocenters. The van der Waals surface area contributed by atoms with Crippen molar-refractivity contribution in [2.75, 3.05) is 13.1 Å². The van der Waals surface area contributed by atoms with Crippen LogP contribution in [-0.2, 0) is 22.7 Å². The monoisotopic (exact) mass is 437 g/mol. The van der Waals surface area contributed by atoms with Crippen molar-refractivity contribution in [3.63, 3.8) is 0 Å². The van der Waals surface area contributed by atoms with Gasteiger partial charge >= 0.3 is 0 Å². The van der Waals surface area contributed by atoms with Crippen LogP contribution >= 0.6 is 0 Å². The summed E-state index contributed by atoms with van der Waals surface area (Å²) in [5.74, 6) is -0.304. The van der Waals surface area contributed by atoms with Gasteiger partial charge in [0.05, 0.1) is 5.69 Å². The molecule has 0 radical (unpaired) electrons. The third-order valence-electron chi connectivity index (χ3n) is 5.37. The zero-order chi connectivity index (χ0) is 22.8. The van der Waals surface area contributed by atoms with Crippen LogP contribution in [0.3, 0.4) is 0 Å². The molecule has 1 aliphatic heterocycles. The Hall–Kier alpha value is -3.56. The molecule has 168 valence electrons. The van der Waals surface area contributed by atoms with Crippen LogP contribution < -0.4 is 5.32 Å². The van der Waals surface area contributed by atoms with Crippen molar-refractivity contribution >= 4 is 12.4 Å². The SMILES string of the molecule is O=C(NCc1cccnc1)C1(O)CCN(Cc2cccc(-n3cccn3)c2)CC1.O=CO. The predicted molar refractivity (Wildman–Crippen MR) is 118 cm³/mol. The zero-order valence-electron chi connectivity index (χ0n) is 17.7. The van der Waals surface area contributed by atoms with Crippen LogP contribution in [0.1, 0.15) is 24.0 Å². The number of benzene rings is 1. The normalized spacial score (nSPS) is 15.3. The van der Waals surface area contributed by atoms with E-state index in [-0.39, 0.29) is 12.4 Å². The first-order valence-corrected chi connectivity index (χ1v) is 10.3. The third kappa shape index (κ3) is 6.22. The van der Waals surface area contributed by atoms with Gasteiger partial charge in [0.1, 0.15) is 5.60 Å². The molecule has 1 saturated heterocycles. The Morgan fingerprint density at radius 1 is 1.12 bits per heavy atom. The van der Waals surface area contributed by atoms with Gasteiger partial charge in [0.25, 0.3) is 12.4 Å². The first-order chi connectivity index (χ1) is 15.5. The van der Waals surface area contributed by atoms with Crippen LogP contribution in [0.4, 0.5) is 0 Å². The van der Waals surface area contributed by atoms with Gasteiger partial charge in [0, 0.05) is 51.0 Å². The second kappa shape index (κ2) is 11.2. The Kier molecular flexibility index (Phi) is 8.07. The maximum Gasteiger partial charge on any atom is 0.290 e. The highest BCUT2D eigenvalue weighted by atomic mass is 16.3. The minimum atomic E-state index is -1.31. The van der Waals surface area contributed by atoms with Gasteiger partial charge in [-0.25, -0.2) is 4.68 Å². The molecule has 3 aromatic rings. The van der Waals surface area contributed by atoms with Crippen molar-refractivity contribution in [2.45, 2.75) is 31.5 Å². The van der Waals surface area contributed by atoms with Gasteiger partial charge in [-0.05, 0) is 48.2 Å². The number of likely N-dealkylation sites (tertiary alicyclic amines) is 1. The Balaban J connectivity index is 0.000000913. The number of aliphatic hydroxyl groups is 1. The largest absolute Gasteiger partial charge is 0.483 e. The molecule has 1 amide bonds. The number of nitrogens with zero attached hydrogens (tertiary/aromatic N) is 4. The quantitative estimate of drug-likeness (QED) is 0.501. The summed E-state index contributed by atoms with van der Waals surface area (Å²) in [6.07, 6.45) is 7.93. The second-order valence-corrected chi connectivity index (χ2v) is 7.58. The van der Waals surface area contributed by atoms with Crippen molar-refractivity contribution in [1.82, 2.24) is 25.0 Å². The van der Waals surface area contributed by atoms with Crippen LogP contribution in [0.25, 0.3) is 5.69 Å². The van der Waals surface area contributed by atoms with E-state index in [9.17, 15) is 9.90 Å². The van der Waals surface area contributed by atoms with E-state index in [1.165, 1.54) is 5.56 Å². The summed E-state index contributed by atoms with van der Waals surface area (Å²) in [5, 5.41) is 24.8. The average molecular weight is 438 g/mol. The average Bonchev–Trinajstić information content (AvgIpc) is 3.36. The molecule has 1 fully saturated rings. The summed E-state index contributed by atoms with van der Waals surface area (Å²) in [6.45, 7) is 2.24. The summed E-state index contributed by atoms with van der Waals surface area (Å²) < 4.78 is 1.84. The molecule has 0 saturated carbocycles. The van der Waals surface area contributed by atoms with Crippen molar-refractivity contribution in [1.29, 1.82) is 0 Å². The number of amides is 1. The molecule has 0 atom stereocenters. The molecule has 3 N–H and O–H groups in total. The van der Waals surface area contributed by atoms with Crippen LogP contribution in [0, 0.1) is 0 Å². The number of pyridine rings is 1. The first-order valence-electron chi connectivity index (χ1n) is 10.3. The van der Waals surface area contributed by atoms with Crippen molar-refractivity contribution in [2.24, 2.45) is 0 Å².